The van der Waals surface area contributed by atoms with Crippen LogP contribution in [-0.4, -0.2) is 36.0 Å². The standard InChI is InChI=1S/C21H22ClN5O3.HI/c1-2-23-21(24-9-8-14-6-7-17-18(10-14)29-13-28-17)25-12-19-26-20(27-30-19)15-4-3-5-16(22)11-15;/h3-7,10-11H,2,8-9,12-13H2,1H3,(H2,23,24,25);1H. The Hall–Kier alpha value is -2.53. The molecular formula is C21H23ClIN5O3. The first-order valence-electron chi connectivity index (χ1n) is 9.70. The average Bonchev–Trinajstić information content (AvgIpc) is 3.41. The second-order valence-electron chi connectivity index (χ2n) is 6.58. The molecule has 0 radical (unpaired) electrons. The van der Waals surface area contributed by atoms with E-state index >= 15 is 0 Å². The molecule has 3 aromatic rings. The van der Waals surface area contributed by atoms with Gasteiger partial charge in [0.05, 0.1) is 0 Å². The van der Waals surface area contributed by atoms with Gasteiger partial charge < -0.3 is 24.6 Å². The van der Waals surface area contributed by atoms with Gasteiger partial charge in [-0.1, -0.05) is 35.0 Å². The molecule has 0 aliphatic carbocycles. The van der Waals surface area contributed by atoms with Gasteiger partial charge in [-0.05, 0) is 43.2 Å². The number of aliphatic imine (C=N–C) groups is 1. The summed E-state index contributed by atoms with van der Waals surface area (Å²) in [4.78, 5) is 8.91. The number of aromatic nitrogens is 2. The van der Waals surface area contributed by atoms with Crippen molar-refractivity contribution in [2.24, 2.45) is 4.99 Å². The molecule has 0 fully saturated rings. The van der Waals surface area contributed by atoms with Gasteiger partial charge >= 0.3 is 0 Å². The topological polar surface area (TPSA) is 93.8 Å². The molecule has 4 rings (SSSR count). The van der Waals surface area contributed by atoms with Crippen molar-refractivity contribution in [1.82, 2.24) is 20.8 Å². The molecule has 2 N–H and O–H groups in total. The molecule has 0 unspecified atom stereocenters. The van der Waals surface area contributed by atoms with Gasteiger partial charge in [-0.25, -0.2) is 4.99 Å². The fourth-order valence-corrected chi connectivity index (χ4v) is 3.16. The van der Waals surface area contributed by atoms with Crippen LogP contribution in [0.25, 0.3) is 11.4 Å². The van der Waals surface area contributed by atoms with Gasteiger partial charge in [0.25, 0.3) is 0 Å². The maximum absolute atomic E-state index is 6.02. The summed E-state index contributed by atoms with van der Waals surface area (Å²) < 4.78 is 16.1. The third kappa shape index (κ3) is 6.23. The van der Waals surface area contributed by atoms with Crippen LogP contribution in [-0.2, 0) is 13.0 Å². The SMILES string of the molecule is CCNC(=NCc1nc(-c2cccc(Cl)c2)no1)NCCc1ccc2c(c1)OCO2.I. The van der Waals surface area contributed by atoms with E-state index in [2.05, 4.69) is 25.8 Å². The van der Waals surface area contributed by atoms with Crippen molar-refractivity contribution in [3.05, 3.63) is 58.9 Å². The molecule has 0 amide bonds. The molecule has 2 aromatic carbocycles. The number of fused-ring (bicyclic) bond motifs is 1. The van der Waals surface area contributed by atoms with Crippen molar-refractivity contribution >= 4 is 41.5 Å². The zero-order valence-electron chi connectivity index (χ0n) is 16.9. The van der Waals surface area contributed by atoms with Crippen molar-refractivity contribution in [2.75, 3.05) is 19.9 Å². The zero-order valence-corrected chi connectivity index (χ0v) is 20.0. The van der Waals surface area contributed by atoms with Crippen LogP contribution in [0, 0.1) is 0 Å². The van der Waals surface area contributed by atoms with E-state index in [1.165, 1.54) is 0 Å². The summed E-state index contributed by atoms with van der Waals surface area (Å²) in [6, 6.07) is 13.3. The summed E-state index contributed by atoms with van der Waals surface area (Å²) in [5, 5.41) is 11.2. The molecule has 0 saturated heterocycles. The van der Waals surface area contributed by atoms with Gasteiger partial charge in [-0.15, -0.1) is 24.0 Å². The van der Waals surface area contributed by atoms with Crippen molar-refractivity contribution in [3.8, 4) is 22.9 Å². The molecular weight excluding hydrogens is 533 g/mol. The minimum absolute atomic E-state index is 0. The highest BCUT2D eigenvalue weighted by Gasteiger charge is 2.13. The van der Waals surface area contributed by atoms with E-state index in [1.54, 1.807) is 12.1 Å². The van der Waals surface area contributed by atoms with E-state index in [0.29, 0.717) is 29.2 Å². The first kappa shape index (κ1) is 23.1. The lowest BCUT2D eigenvalue weighted by molar-refractivity contribution is 0.174. The van der Waals surface area contributed by atoms with Gasteiger partial charge in [0.2, 0.25) is 18.5 Å². The number of hydrogen-bond donors (Lipinski definition) is 2. The third-order valence-corrected chi connectivity index (χ3v) is 4.65. The molecule has 1 aromatic heterocycles. The quantitative estimate of drug-likeness (QED) is 0.258. The molecule has 0 bridgehead atoms. The van der Waals surface area contributed by atoms with Crippen LogP contribution in [0.4, 0.5) is 0 Å². The average molecular weight is 556 g/mol. The monoisotopic (exact) mass is 555 g/mol. The Morgan fingerprint density at radius 3 is 2.84 bits per heavy atom. The Morgan fingerprint density at radius 2 is 2.00 bits per heavy atom. The molecule has 0 atom stereocenters. The highest BCUT2D eigenvalue weighted by Crippen LogP contribution is 2.32. The number of guanidine groups is 1. The zero-order chi connectivity index (χ0) is 20.8. The molecule has 2 heterocycles. The van der Waals surface area contributed by atoms with Crippen LogP contribution >= 0.6 is 35.6 Å². The molecule has 0 saturated carbocycles. The van der Waals surface area contributed by atoms with Gasteiger partial charge in [0.1, 0.15) is 6.54 Å². The summed E-state index contributed by atoms with van der Waals surface area (Å²) in [5.74, 6) is 3.18. The van der Waals surface area contributed by atoms with Crippen LogP contribution in [0.3, 0.4) is 0 Å². The Morgan fingerprint density at radius 1 is 1.13 bits per heavy atom. The first-order chi connectivity index (χ1) is 14.7. The Kier molecular flexibility index (Phi) is 8.35. The van der Waals surface area contributed by atoms with E-state index in [0.717, 1.165) is 35.6 Å². The Bertz CT molecular complexity index is 1040. The smallest absolute Gasteiger partial charge is 0.248 e. The summed E-state index contributed by atoms with van der Waals surface area (Å²) in [6.07, 6.45) is 0.820. The number of ether oxygens (including phenoxy) is 2. The number of benzene rings is 2. The van der Waals surface area contributed by atoms with Crippen LogP contribution in [0.5, 0.6) is 11.5 Å². The van der Waals surface area contributed by atoms with Crippen molar-refractivity contribution in [1.29, 1.82) is 0 Å². The largest absolute Gasteiger partial charge is 0.454 e. The molecule has 31 heavy (non-hydrogen) atoms. The van der Waals surface area contributed by atoms with Crippen molar-refractivity contribution in [2.45, 2.75) is 19.9 Å². The second kappa shape index (κ2) is 11.2. The number of nitrogens with zero attached hydrogens (tertiary/aromatic N) is 3. The normalized spacial score (nSPS) is 12.4. The molecule has 10 heteroatoms. The maximum atomic E-state index is 6.02. The van der Waals surface area contributed by atoms with E-state index in [4.69, 9.17) is 25.6 Å². The third-order valence-electron chi connectivity index (χ3n) is 4.41. The highest BCUT2D eigenvalue weighted by atomic mass is 127. The Balaban J connectivity index is 0.00000272. The highest BCUT2D eigenvalue weighted by molar-refractivity contribution is 14.0. The van der Waals surface area contributed by atoms with Crippen molar-refractivity contribution in [3.63, 3.8) is 0 Å². The van der Waals surface area contributed by atoms with E-state index < -0.39 is 0 Å². The lowest BCUT2D eigenvalue weighted by Crippen LogP contribution is -2.38. The fourth-order valence-electron chi connectivity index (χ4n) is 2.97. The molecule has 1 aliphatic rings. The number of halogens is 2. The molecule has 0 spiro atoms. The predicted molar refractivity (Wildman–Crippen MR) is 129 cm³/mol. The predicted octanol–water partition coefficient (Wildman–Crippen LogP) is 4.03. The summed E-state index contributed by atoms with van der Waals surface area (Å²) in [7, 11) is 0. The molecule has 1 aliphatic heterocycles. The van der Waals surface area contributed by atoms with Gasteiger partial charge in [-0.3, -0.25) is 0 Å². The Labute approximate surface area is 202 Å². The van der Waals surface area contributed by atoms with Crippen LogP contribution < -0.4 is 20.1 Å². The van der Waals surface area contributed by atoms with Gasteiger partial charge in [0, 0.05) is 23.7 Å². The van der Waals surface area contributed by atoms with E-state index in [-0.39, 0.29) is 37.3 Å². The number of rotatable bonds is 7. The van der Waals surface area contributed by atoms with E-state index in [1.807, 2.05) is 37.3 Å². The van der Waals surface area contributed by atoms with Crippen molar-refractivity contribution < 1.29 is 14.0 Å². The number of nitrogens with one attached hydrogen (secondary N) is 2. The minimum Gasteiger partial charge on any atom is -0.454 e. The molecule has 8 nitrogen and oxygen atoms in total. The first-order valence-corrected chi connectivity index (χ1v) is 10.1. The summed E-state index contributed by atoms with van der Waals surface area (Å²) >= 11 is 6.02. The van der Waals surface area contributed by atoms with Gasteiger partial charge in [0.15, 0.2) is 17.5 Å². The summed E-state index contributed by atoms with van der Waals surface area (Å²) in [6.45, 7) is 4.02. The second-order valence-corrected chi connectivity index (χ2v) is 7.02. The molecule has 164 valence electrons. The lowest BCUT2D eigenvalue weighted by atomic mass is 10.1. The van der Waals surface area contributed by atoms with Crippen LogP contribution in [0.1, 0.15) is 18.4 Å². The summed E-state index contributed by atoms with van der Waals surface area (Å²) in [5.41, 5.74) is 1.96. The maximum Gasteiger partial charge on any atom is 0.248 e. The lowest BCUT2D eigenvalue weighted by Gasteiger charge is -2.11. The van der Waals surface area contributed by atoms with E-state index in [9.17, 15) is 0 Å². The van der Waals surface area contributed by atoms with Crippen LogP contribution in [0.2, 0.25) is 5.02 Å². The fraction of sp³-hybridized carbons (Fsp3) is 0.286. The van der Waals surface area contributed by atoms with Gasteiger partial charge in [-0.2, -0.15) is 4.98 Å². The number of hydrogen-bond acceptors (Lipinski definition) is 6. The minimum atomic E-state index is 0. The van der Waals surface area contributed by atoms with Crippen LogP contribution in [0.15, 0.2) is 52.0 Å².